The third-order valence-corrected chi connectivity index (χ3v) is 5.64. The molecule has 1 aromatic carbocycles. The molecule has 0 amide bonds. The third kappa shape index (κ3) is 2.78. The van der Waals surface area contributed by atoms with Gasteiger partial charge in [0, 0.05) is 11.8 Å². The van der Waals surface area contributed by atoms with E-state index in [-0.39, 0.29) is 5.75 Å². The van der Waals surface area contributed by atoms with Crippen LogP contribution in [0.4, 0.5) is 5.69 Å². The lowest BCUT2D eigenvalue weighted by Crippen LogP contribution is -2.29. The number of sulfone groups is 1. The van der Waals surface area contributed by atoms with E-state index in [1.54, 1.807) is 32.9 Å². The summed E-state index contributed by atoms with van der Waals surface area (Å²) in [6, 6.07) is 3.29. The monoisotopic (exact) mass is 285 g/mol. The summed E-state index contributed by atoms with van der Waals surface area (Å²) >= 11 is 0. The van der Waals surface area contributed by atoms with Crippen LogP contribution in [0.1, 0.15) is 26.3 Å². The van der Waals surface area contributed by atoms with E-state index in [2.05, 4.69) is 0 Å². The average molecular weight is 285 g/mol. The molecule has 0 radical (unpaired) electrons. The fraction of sp³-hybridized carbons (Fsp3) is 0.538. The maximum Gasteiger partial charge on any atom is 0.163 e. The topological polar surface area (TPSA) is 78.6 Å². The molecule has 19 heavy (non-hydrogen) atoms. The number of benzene rings is 1. The van der Waals surface area contributed by atoms with E-state index in [1.807, 2.05) is 0 Å². The summed E-state index contributed by atoms with van der Waals surface area (Å²) in [6.07, 6.45) is 0. The molecule has 0 bridgehead atoms. The van der Waals surface area contributed by atoms with Crippen LogP contribution in [0.5, 0.6) is 11.5 Å². The minimum atomic E-state index is -3.28. The van der Waals surface area contributed by atoms with Crippen LogP contribution in [0, 0.1) is 0 Å². The van der Waals surface area contributed by atoms with Gasteiger partial charge in [0.2, 0.25) is 0 Å². The first-order valence-corrected chi connectivity index (χ1v) is 7.76. The SMILES string of the molecule is CC(C)(C)S(=O)(=O)Cc1cc2c(cc1N)OCCO2. The second kappa shape index (κ2) is 4.59. The fourth-order valence-electron chi connectivity index (χ4n) is 1.69. The van der Waals surface area contributed by atoms with Gasteiger partial charge in [0.25, 0.3) is 0 Å². The molecule has 1 aliphatic rings. The van der Waals surface area contributed by atoms with Gasteiger partial charge in [-0.25, -0.2) is 8.42 Å². The molecule has 2 rings (SSSR count). The van der Waals surface area contributed by atoms with Crippen molar-refractivity contribution in [2.24, 2.45) is 0 Å². The van der Waals surface area contributed by atoms with Crippen molar-refractivity contribution in [2.75, 3.05) is 18.9 Å². The third-order valence-electron chi connectivity index (χ3n) is 3.08. The summed E-state index contributed by atoms with van der Waals surface area (Å²) in [5.74, 6) is 1.03. The molecule has 6 heteroatoms. The minimum absolute atomic E-state index is 0.0982. The fourth-order valence-corrected chi connectivity index (χ4v) is 2.79. The van der Waals surface area contributed by atoms with Crippen molar-refractivity contribution in [1.29, 1.82) is 0 Å². The van der Waals surface area contributed by atoms with Crippen LogP contribution in [-0.2, 0) is 15.6 Å². The van der Waals surface area contributed by atoms with Gasteiger partial charge < -0.3 is 15.2 Å². The van der Waals surface area contributed by atoms with Crippen LogP contribution in [-0.4, -0.2) is 26.4 Å². The van der Waals surface area contributed by atoms with Crippen LogP contribution in [0.3, 0.4) is 0 Å². The van der Waals surface area contributed by atoms with Gasteiger partial charge >= 0.3 is 0 Å². The Kier molecular flexibility index (Phi) is 3.38. The van der Waals surface area contributed by atoms with Crippen molar-refractivity contribution in [3.63, 3.8) is 0 Å². The van der Waals surface area contributed by atoms with Crippen LogP contribution in [0.25, 0.3) is 0 Å². The number of rotatable bonds is 2. The predicted octanol–water partition coefficient (Wildman–Crippen LogP) is 1.75. The van der Waals surface area contributed by atoms with Gasteiger partial charge in [-0.15, -0.1) is 0 Å². The highest BCUT2D eigenvalue weighted by Gasteiger charge is 2.30. The molecule has 1 aromatic rings. The highest BCUT2D eigenvalue weighted by Crippen LogP contribution is 2.36. The molecule has 0 spiro atoms. The van der Waals surface area contributed by atoms with E-state index in [1.165, 1.54) is 0 Å². The molecule has 0 saturated heterocycles. The van der Waals surface area contributed by atoms with Gasteiger partial charge in [-0.05, 0) is 32.4 Å². The van der Waals surface area contributed by atoms with Crippen molar-refractivity contribution >= 4 is 15.5 Å². The largest absolute Gasteiger partial charge is 0.486 e. The number of nitrogen functional groups attached to an aromatic ring is 1. The molecule has 0 saturated carbocycles. The second-order valence-electron chi connectivity index (χ2n) is 5.57. The van der Waals surface area contributed by atoms with E-state index >= 15 is 0 Å². The van der Waals surface area contributed by atoms with Crippen molar-refractivity contribution in [2.45, 2.75) is 31.3 Å². The summed E-state index contributed by atoms with van der Waals surface area (Å²) in [4.78, 5) is 0. The Bertz CT molecular complexity index is 587. The molecule has 0 atom stereocenters. The number of nitrogens with two attached hydrogens (primary N) is 1. The Morgan fingerprint density at radius 1 is 1.16 bits per heavy atom. The molecular weight excluding hydrogens is 266 g/mol. The van der Waals surface area contributed by atoms with Gasteiger partial charge in [0.1, 0.15) is 13.2 Å². The zero-order chi connectivity index (χ0) is 14.3. The normalized spacial score (nSPS) is 15.3. The smallest absolute Gasteiger partial charge is 0.163 e. The summed E-state index contributed by atoms with van der Waals surface area (Å²) < 4.78 is 34.5. The molecule has 0 aromatic heterocycles. The summed E-state index contributed by atoms with van der Waals surface area (Å²) in [6.45, 7) is 5.97. The summed E-state index contributed by atoms with van der Waals surface area (Å²) in [5.41, 5.74) is 6.86. The summed E-state index contributed by atoms with van der Waals surface area (Å²) in [7, 11) is -3.28. The maximum absolute atomic E-state index is 12.2. The zero-order valence-electron chi connectivity index (χ0n) is 11.4. The number of fused-ring (bicyclic) bond motifs is 1. The van der Waals surface area contributed by atoms with Crippen molar-refractivity contribution in [3.05, 3.63) is 17.7 Å². The molecule has 0 fully saturated rings. The quantitative estimate of drug-likeness (QED) is 0.838. The van der Waals surface area contributed by atoms with Gasteiger partial charge in [0.05, 0.1) is 10.5 Å². The van der Waals surface area contributed by atoms with Crippen LogP contribution >= 0.6 is 0 Å². The van der Waals surface area contributed by atoms with Gasteiger partial charge in [-0.1, -0.05) is 0 Å². The first kappa shape index (κ1) is 14.0. The standard InChI is InChI=1S/C13H19NO4S/c1-13(2,3)19(15,16)8-9-6-11-12(7-10(9)14)18-5-4-17-11/h6-7H,4-5,8,14H2,1-3H3. The Balaban J connectivity index is 2.37. The lowest BCUT2D eigenvalue weighted by Gasteiger charge is -2.22. The highest BCUT2D eigenvalue weighted by atomic mass is 32.2. The van der Waals surface area contributed by atoms with E-state index in [0.29, 0.717) is 36.0 Å². The van der Waals surface area contributed by atoms with Crippen molar-refractivity contribution < 1.29 is 17.9 Å². The number of hydrogen-bond donors (Lipinski definition) is 1. The lowest BCUT2D eigenvalue weighted by molar-refractivity contribution is 0.171. The van der Waals surface area contributed by atoms with Gasteiger partial charge in [0.15, 0.2) is 21.3 Å². The first-order chi connectivity index (χ1) is 8.71. The molecule has 0 unspecified atom stereocenters. The predicted molar refractivity (Wildman–Crippen MR) is 74.2 cm³/mol. The molecule has 5 nitrogen and oxygen atoms in total. The lowest BCUT2D eigenvalue weighted by atomic mass is 10.1. The zero-order valence-corrected chi connectivity index (χ0v) is 12.2. The van der Waals surface area contributed by atoms with Crippen LogP contribution in [0.2, 0.25) is 0 Å². The van der Waals surface area contributed by atoms with Gasteiger partial charge in [-0.2, -0.15) is 0 Å². The van der Waals surface area contributed by atoms with Gasteiger partial charge in [-0.3, -0.25) is 0 Å². The second-order valence-corrected chi connectivity index (χ2v) is 8.31. The molecule has 0 aliphatic carbocycles. The Hall–Kier alpha value is -1.43. The van der Waals surface area contributed by atoms with E-state index < -0.39 is 14.6 Å². The first-order valence-electron chi connectivity index (χ1n) is 6.11. The van der Waals surface area contributed by atoms with Crippen LogP contribution in [0.15, 0.2) is 12.1 Å². The Labute approximate surface area is 113 Å². The molecule has 106 valence electrons. The Morgan fingerprint density at radius 3 is 2.21 bits per heavy atom. The minimum Gasteiger partial charge on any atom is -0.486 e. The average Bonchev–Trinajstić information content (AvgIpc) is 2.28. The van der Waals surface area contributed by atoms with Crippen molar-refractivity contribution in [3.8, 4) is 11.5 Å². The molecule has 1 heterocycles. The molecule has 2 N–H and O–H groups in total. The van der Waals surface area contributed by atoms with Crippen molar-refractivity contribution in [1.82, 2.24) is 0 Å². The highest BCUT2D eigenvalue weighted by molar-refractivity contribution is 7.91. The Morgan fingerprint density at radius 2 is 1.68 bits per heavy atom. The van der Waals surface area contributed by atoms with Crippen LogP contribution < -0.4 is 15.2 Å². The summed E-state index contributed by atoms with van der Waals surface area (Å²) in [5, 5.41) is 0. The number of ether oxygens (including phenoxy) is 2. The number of hydrogen-bond acceptors (Lipinski definition) is 5. The van der Waals surface area contributed by atoms with E-state index in [4.69, 9.17) is 15.2 Å². The molecule has 1 aliphatic heterocycles. The maximum atomic E-state index is 12.2. The number of anilines is 1. The van der Waals surface area contributed by atoms with E-state index in [9.17, 15) is 8.42 Å². The molecular formula is C13H19NO4S. The van der Waals surface area contributed by atoms with E-state index in [0.717, 1.165) is 0 Å².